The molecule has 264 valence electrons. The van der Waals surface area contributed by atoms with Gasteiger partial charge in [0.2, 0.25) is 11.8 Å². The van der Waals surface area contributed by atoms with E-state index in [2.05, 4.69) is 5.32 Å². The highest BCUT2D eigenvalue weighted by molar-refractivity contribution is 7.92. The van der Waals surface area contributed by atoms with Gasteiger partial charge in [-0.3, -0.25) is 13.9 Å². The smallest absolute Gasteiger partial charge is 0.264 e. The average molecular weight is 718 g/mol. The highest BCUT2D eigenvalue weighted by atomic mass is 35.5. The number of carbonyl (C=O) groups excluding carboxylic acids is 2. The first kappa shape index (κ1) is 36.7. The molecule has 4 aromatic rings. The van der Waals surface area contributed by atoms with Crippen molar-refractivity contribution >= 4 is 39.1 Å². The Balaban J connectivity index is 1.57. The van der Waals surface area contributed by atoms with E-state index in [9.17, 15) is 18.0 Å². The van der Waals surface area contributed by atoms with E-state index in [0.717, 1.165) is 53.1 Å². The summed E-state index contributed by atoms with van der Waals surface area (Å²) in [4.78, 5) is 30.5. The van der Waals surface area contributed by atoms with Crippen LogP contribution in [-0.2, 0) is 32.6 Å². The van der Waals surface area contributed by atoms with E-state index in [1.165, 1.54) is 37.3 Å². The maximum Gasteiger partial charge on any atom is 0.264 e. The monoisotopic (exact) mass is 717 g/mol. The van der Waals surface area contributed by atoms with Crippen molar-refractivity contribution in [3.63, 3.8) is 0 Å². The number of nitrogens with one attached hydrogen (secondary N) is 1. The lowest BCUT2D eigenvalue weighted by Crippen LogP contribution is -2.55. The molecule has 1 aliphatic carbocycles. The number of methoxy groups -OCH3 is 2. The van der Waals surface area contributed by atoms with E-state index in [1.54, 1.807) is 24.3 Å². The van der Waals surface area contributed by atoms with Crippen molar-refractivity contribution in [2.24, 2.45) is 0 Å². The van der Waals surface area contributed by atoms with E-state index >= 15 is 0 Å². The van der Waals surface area contributed by atoms with Crippen LogP contribution in [0.1, 0.15) is 48.8 Å². The van der Waals surface area contributed by atoms with Crippen LogP contribution in [0.3, 0.4) is 0 Å². The quantitative estimate of drug-likeness (QED) is 0.151. The topological polar surface area (TPSA) is 105 Å². The summed E-state index contributed by atoms with van der Waals surface area (Å²) in [6, 6.07) is 26.9. The summed E-state index contributed by atoms with van der Waals surface area (Å²) in [5, 5.41) is 3.64. The van der Waals surface area contributed by atoms with Gasteiger partial charge in [-0.1, -0.05) is 91.0 Å². The van der Waals surface area contributed by atoms with Crippen LogP contribution >= 0.6 is 11.6 Å². The molecule has 0 saturated heterocycles. The maximum absolute atomic E-state index is 14.8. The Morgan fingerprint density at radius 3 is 2.14 bits per heavy atom. The lowest BCUT2D eigenvalue weighted by Gasteiger charge is -2.35. The molecule has 11 heteroatoms. The molecule has 5 rings (SSSR count). The number of rotatable bonds is 14. The van der Waals surface area contributed by atoms with Gasteiger partial charge in [0.1, 0.15) is 12.6 Å². The minimum absolute atomic E-state index is 0.0156. The minimum Gasteiger partial charge on any atom is -0.493 e. The second-order valence-corrected chi connectivity index (χ2v) is 14.9. The molecule has 50 heavy (non-hydrogen) atoms. The van der Waals surface area contributed by atoms with Crippen LogP contribution in [0.25, 0.3) is 0 Å². The van der Waals surface area contributed by atoms with E-state index in [4.69, 9.17) is 21.1 Å². The molecule has 4 aromatic carbocycles. The van der Waals surface area contributed by atoms with Crippen molar-refractivity contribution in [3.05, 3.63) is 119 Å². The third-order valence-electron chi connectivity index (χ3n) is 9.03. The van der Waals surface area contributed by atoms with E-state index < -0.39 is 28.5 Å². The highest BCUT2D eigenvalue weighted by Crippen LogP contribution is 2.33. The molecular formula is C39H44ClN3O6S. The average Bonchev–Trinajstić information content (AvgIpc) is 3.13. The summed E-state index contributed by atoms with van der Waals surface area (Å²) in [6.07, 6.45) is 5.20. The van der Waals surface area contributed by atoms with Crippen molar-refractivity contribution < 1.29 is 27.5 Å². The number of hydrogen-bond donors (Lipinski definition) is 1. The number of sulfonamides is 1. The molecule has 1 atom stereocenters. The Labute approximate surface area is 300 Å². The van der Waals surface area contributed by atoms with Crippen LogP contribution in [0.15, 0.2) is 102 Å². The molecule has 1 unspecified atom stereocenters. The normalized spacial score (nSPS) is 14.0. The Morgan fingerprint density at radius 2 is 1.50 bits per heavy atom. The van der Waals surface area contributed by atoms with Crippen LogP contribution in [0.4, 0.5) is 5.69 Å². The number of benzene rings is 4. The fourth-order valence-electron chi connectivity index (χ4n) is 6.23. The van der Waals surface area contributed by atoms with Crippen LogP contribution in [-0.4, -0.2) is 58.0 Å². The first-order valence-electron chi connectivity index (χ1n) is 16.8. The molecule has 0 radical (unpaired) electrons. The fourth-order valence-corrected chi connectivity index (χ4v) is 7.78. The van der Waals surface area contributed by atoms with Crippen LogP contribution in [0, 0.1) is 6.92 Å². The van der Waals surface area contributed by atoms with Crippen molar-refractivity contribution in [1.29, 1.82) is 0 Å². The van der Waals surface area contributed by atoms with Crippen molar-refractivity contribution in [2.75, 3.05) is 25.1 Å². The molecule has 0 bridgehead atoms. The second-order valence-electron chi connectivity index (χ2n) is 12.6. The number of anilines is 1. The number of ether oxygens (including phenoxy) is 2. The number of hydrogen-bond acceptors (Lipinski definition) is 6. The zero-order valence-corrected chi connectivity index (χ0v) is 30.3. The molecule has 0 heterocycles. The summed E-state index contributed by atoms with van der Waals surface area (Å²) in [6.45, 7) is 1.50. The summed E-state index contributed by atoms with van der Waals surface area (Å²) in [5.74, 6) is -0.219. The summed E-state index contributed by atoms with van der Waals surface area (Å²) in [7, 11) is -1.47. The number of aryl methyl sites for hydroxylation is 1. The van der Waals surface area contributed by atoms with Gasteiger partial charge in [-0.2, -0.15) is 0 Å². The molecule has 1 aliphatic rings. The van der Waals surface area contributed by atoms with Crippen LogP contribution in [0.5, 0.6) is 11.5 Å². The van der Waals surface area contributed by atoms with Crippen molar-refractivity contribution in [1.82, 2.24) is 10.2 Å². The van der Waals surface area contributed by atoms with Crippen LogP contribution in [0.2, 0.25) is 5.02 Å². The summed E-state index contributed by atoms with van der Waals surface area (Å²) >= 11 is 6.19. The molecule has 0 spiro atoms. The third-order valence-corrected chi connectivity index (χ3v) is 11.1. The SMILES string of the molecule is COc1ccc(S(=O)(=O)N(CC(=O)N(Cc2ccc(C)cc2)C(Cc2ccccc2)C(=O)NC2CCCCC2)c2ccc(Cl)cc2)cc1OC. The van der Waals surface area contributed by atoms with Gasteiger partial charge in [-0.05, 0) is 67.3 Å². The summed E-state index contributed by atoms with van der Waals surface area (Å²) in [5.41, 5.74) is 2.98. The van der Waals surface area contributed by atoms with Crippen molar-refractivity contribution in [3.8, 4) is 11.5 Å². The van der Waals surface area contributed by atoms with Gasteiger partial charge in [0.05, 0.1) is 24.8 Å². The van der Waals surface area contributed by atoms with Gasteiger partial charge in [0.25, 0.3) is 10.0 Å². The Morgan fingerprint density at radius 1 is 0.840 bits per heavy atom. The summed E-state index contributed by atoms with van der Waals surface area (Å²) < 4.78 is 40.7. The number of nitrogens with zero attached hydrogens (tertiary/aromatic N) is 2. The molecule has 0 aromatic heterocycles. The lowest BCUT2D eigenvalue weighted by atomic mass is 9.94. The van der Waals surface area contributed by atoms with E-state index in [-0.39, 0.29) is 41.2 Å². The fraction of sp³-hybridized carbons (Fsp3) is 0.333. The number of halogens is 1. The standard InChI is InChI=1S/C39H44ClN3O6S/c1-28-14-16-30(17-15-28)26-42(35(24-29-10-6-4-7-11-29)39(45)41-32-12-8-5-9-13-32)38(44)27-43(33-20-18-31(40)19-21-33)50(46,47)34-22-23-36(48-2)37(25-34)49-3/h4,6-7,10-11,14-23,25,32,35H,5,8-9,12-13,24,26-27H2,1-3H3,(H,41,45). The zero-order valence-electron chi connectivity index (χ0n) is 28.7. The lowest BCUT2D eigenvalue weighted by molar-refractivity contribution is -0.140. The molecule has 0 aliphatic heterocycles. The van der Waals surface area contributed by atoms with Gasteiger partial charge in [0, 0.05) is 30.1 Å². The molecular weight excluding hydrogens is 674 g/mol. The van der Waals surface area contributed by atoms with Gasteiger partial charge < -0.3 is 19.7 Å². The van der Waals surface area contributed by atoms with Gasteiger partial charge in [-0.25, -0.2) is 8.42 Å². The predicted molar refractivity (Wildman–Crippen MR) is 196 cm³/mol. The molecule has 1 N–H and O–H groups in total. The maximum atomic E-state index is 14.8. The first-order valence-corrected chi connectivity index (χ1v) is 18.6. The molecule has 1 fully saturated rings. The van der Waals surface area contributed by atoms with Gasteiger partial charge in [0.15, 0.2) is 11.5 Å². The third kappa shape index (κ3) is 9.17. The van der Waals surface area contributed by atoms with Crippen molar-refractivity contribution in [2.45, 2.75) is 69.0 Å². The van der Waals surface area contributed by atoms with Gasteiger partial charge in [-0.15, -0.1) is 0 Å². The first-order chi connectivity index (χ1) is 24.1. The van der Waals surface area contributed by atoms with E-state index in [0.29, 0.717) is 10.8 Å². The van der Waals surface area contributed by atoms with E-state index in [1.807, 2.05) is 61.5 Å². The molecule has 9 nitrogen and oxygen atoms in total. The Bertz CT molecular complexity index is 1850. The highest BCUT2D eigenvalue weighted by Gasteiger charge is 2.35. The number of amides is 2. The molecule has 1 saturated carbocycles. The zero-order chi connectivity index (χ0) is 35.7. The Kier molecular flexibility index (Phi) is 12.4. The van der Waals surface area contributed by atoms with Gasteiger partial charge >= 0.3 is 0 Å². The second kappa shape index (κ2) is 16.9. The largest absolute Gasteiger partial charge is 0.493 e. The minimum atomic E-state index is -4.35. The number of carbonyl (C=O) groups is 2. The van der Waals surface area contributed by atoms with Crippen LogP contribution < -0.4 is 19.1 Å². The Hall–Kier alpha value is -4.54. The predicted octanol–water partition coefficient (Wildman–Crippen LogP) is 6.95. The molecule has 2 amide bonds.